The van der Waals surface area contributed by atoms with E-state index in [1.54, 1.807) is 14.2 Å². The van der Waals surface area contributed by atoms with E-state index >= 15 is 0 Å². The van der Waals surface area contributed by atoms with Crippen LogP contribution in [-0.2, 0) is 33.4 Å². The molecule has 0 bridgehead atoms. The van der Waals surface area contributed by atoms with Crippen LogP contribution in [-0.4, -0.2) is 38.0 Å². The Hall–Kier alpha value is 4.08. The summed E-state index contributed by atoms with van der Waals surface area (Å²) in [6, 6.07) is 0. The Labute approximate surface area is 205 Å². The van der Waals surface area contributed by atoms with Gasteiger partial charge in [-0.3, -0.25) is 9.59 Å². The molecule has 0 saturated heterocycles. The molecule has 4 atom stereocenters. The zero-order valence-electron chi connectivity index (χ0n) is 13.1. The predicted octanol–water partition coefficient (Wildman–Crippen LogP) is 5.64. The summed E-state index contributed by atoms with van der Waals surface area (Å²) >= 11 is 12.1. The summed E-state index contributed by atoms with van der Waals surface area (Å²) in [4.78, 5) is 20.8. The summed E-state index contributed by atoms with van der Waals surface area (Å²) in [6.07, 6.45) is 1.67. The van der Waals surface area contributed by atoms with Gasteiger partial charge < -0.3 is 9.47 Å². The molecule has 0 heterocycles. The van der Waals surface area contributed by atoms with Crippen molar-refractivity contribution in [3.8, 4) is 0 Å². The van der Waals surface area contributed by atoms with E-state index in [9.17, 15) is 9.59 Å². The van der Waals surface area contributed by atoms with Gasteiger partial charge >= 0.3 is 114 Å². The number of ketones is 2. The molecule has 0 radical (unpaired) electrons. The molecule has 2 aliphatic rings. The van der Waals surface area contributed by atoms with Gasteiger partial charge in [0.15, 0.2) is 0 Å². The zero-order chi connectivity index (χ0) is 18.6. The minimum absolute atomic E-state index is 0.153. The van der Waals surface area contributed by atoms with Crippen molar-refractivity contribution in [1.82, 2.24) is 0 Å². The van der Waals surface area contributed by atoms with Crippen LogP contribution in [0.25, 0.3) is 0 Å². The molecule has 0 spiro atoms. The van der Waals surface area contributed by atoms with Gasteiger partial charge in [-0.1, -0.05) is 13.8 Å². The number of hydrogen-bond acceptors (Lipinski definition) is 4. The van der Waals surface area contributed by atoms with Crippen molar-refractivity contribution >= 4 is 111 Å². The van der Waals surface area contributed by atoms with E-state index in [4.69, 9.17) is 9.47 Å². The minimum atomic E-state index is -0.278. The molecular weight excluding hydrogens is 945 g/mol. The van der Waals surface area contributed by atoms with E-state index < -0.39 is 0 Å². The molecule has 11 heteroatoms. The van der Waals surface area contributed by atoms with Crippen LogP contribution < -0.4 is 0 Å². The van der Waals surface area contributed by atoms with Gasteiger partial charge in [0.25, 0.3) is 0 Å². The first-order valence-electron chi connectivity index (χ1n) is 6.46. The molecule has 0 aromatic carbocycles. The van der Waals surface area contributed by atoms with Crippen molar-refractivity contribution < 1.29 is 33.4 Å². The van der Waals surface area contributed by atoms with Gasteiger partial charge in [0.1, 0.15) is 11.6 Å². The van der Waals surface area contributed by atoms with Crippen molar-refractivity contribution in [2.75, 3.05) is 14.2 Å². The van der Waals surface area contributed by atoms with Gasteiger partial charge in [-0.15, -0.1) is 0 Å². The van der Waals surface area contributed by atoms with Crippen molar-refractivity contribution in [2.24, 2.45) is 11.8 Å². The molecule has 0 aromatic heterocycles. The second kappa shape index (κ2) is 18.1. The summed E-state index contributed by atoms with van der Waals surface area (Å²) in [5.41, 5.74) is 0. The fraction of sp³-hybridized carbons (Fsp3) is 0.833. The molecule has 23 heavy (non-hydrogen) atoms. The molecule has 2 fully saturated rings. The molecule has 2 saturated carbocycles. The average molecular weight is 965 g/mol. The number of rotatable bonds is 2. The van der Waals surface area contributed by atoms with E-state index in [2.05, 4.69) is 99.9 Å². The van der Waals surface area contributed by atoms with Gasteiger partial charge in [-0.05, 0) is 0 Å². The second-order valence-electron chi connectivity index (χ2n) is 4.72. The van der Waals surface area contributed by atoms with Gasteiger partial charge in [-0.25, -0.2) is 0 Å². The number of halogens is 5. The Morgan fingerprint density at radius 2 is 1.13 bits per heavy atom. The van der Waals surface area contributed by atoms with Crippen LogP contribution in [0.2, 0.25) is 0 Å². The summed E-state index contributed by atoms with van der Waals surface area (Å²) in [6.45, 7) is 3.81. The molecular formula is C12H20I5O4V2. The first kappa shape index (κ1) is 29.3. The third kappa shape index (κ3) is 14.7. The number of Topliss-reactive ketones (excluding diaryl/α,β-unsaturated/α-hetero) is 2. The van der Waals surface area contributed by atoms with E-state index in [-0.39, 0.29) is 29.0 Å². The third-order valence-corrected chi connectivity index (χ3v) is 3.54. The van der Waals surface area contributed by atoms with E-state index in [1.807, 2.05) is 13.8 Å². The first-order chi connectivity index (χ1) is 10.7. The Morgan fingerprint density at radius 3 is 1.17 bits per heavy atom. The van der Waals surface area contributed by atoms with E-state index in [1.165, 1.54) is 0 Å². The molecule has 2 aliphatic carbocycles. The normalized spacial score (nSPS) is 27.9. The SMILES string of the molecule is COC1CC(=O)[C@@H]1C.COC1CC(=O)[C@H]1C.[I][V]([I])[I].[I][V][I]. The Bertz CT molecular complexity index is 319. The Balaban J connectivity index is 0. The van der Waals surface area contributed by atoms with Crippen LogP contribution in [0.3, 0.4) is 0 Å². The molecule has 4 nitrogen and oxygen atoms in total. The number of methoxy groups -OCH3 is 2. The molecule has 2 unspecified atom stereocenters. The maximum atomic E-state index is 10.5. The fourth-order valence-corrected chi connectivity index (χ4v) is 1.79. The fourth-order valence-electron chi connectivity index (χ4n) is 1.79. The molecule has 0 aliphatic heterocycles. The van der Waals surface area contributed by atoms with E-state index in [0.29, 0.717) is 33.9 Å². The standard InChI is InChI=1S/2C6H10O2.5HI.2V/c2*1-4-5(7)3-6(4)8-2;;;;;;;/h2*4,6H,3H2,1-2H3;5*1H;;/q;;;;;;;+2;+3/p-5/t2*4-,6?;;;;;;;/m10......./s1. The number of carbonyl (C=O) groups excluding carboxylic acids is 2. The molecule has 2 rings (SSSR count). The molecule has 137 valence electrons. The van der Waals surface area contributed by atoms with Crippen LogP contribution in [0.5, 0.6) is 0 Å². The number of ether oxygens (including phenoxy) is 2. The monoisotopic (exact) mass is 965 g/mol. The predicted molar refractivity (Wildman–Crippen MR) is 129 cm³/mol. The van der Waals surface area contributed by atoms with Crippen LogP contribution in [0.15, 0.2) is 0 Å². The van der Waals surface area contributed by atoms with Crippen LogP contribution >= 0.6 is 99.9 Å². The van der Waals surface area contributed by atoms with Gasteiger partial charge in [0.2, 0.25) is 0 Å². The van der Waals surface area contributed by atoms with Crippen molar-refractivity contribution in [3.05, 3.63) is 0 Å². The quantitative estimate of drug-likeness (QED) is 0.337. The topological polar surface area (TPSA) is 52.6 Å². The van der Waals surface area contributed by atoms with Gasteiger partial charge in [0.05, 0.1) is 12.2 Å². The van der Waals surface area contributed by atoms with Gasteiger partial charge in [0, 0.05) is 38.9 Å². The Morgan fingerprint density at radius 1 is 0.913 bits per heavy atom. The molecule has 0 N–H and O–H groups in total. The zero-order valence-corrected chi connectivity index (χ0v) is 26.7. The van der Waals surface area contributed by atoms with Crippen LogP contribution in [0.1, 0.15) is 26.7 Å². The summed E-state index contributed by atoms with van der Waals surface area (Å²) < 4.78 is 9.90. The number of carbonyl (C=O) groups is 2. The van der Waals surface area contributed by atoms with E-state index in [0.717, 1.165) is 0 Å². The Kier molecular flexibility index (Phi) is 23.1. The molecule has 0 aromatic rings. The summed E-state index contributed by atoms with van der Waals surface area (Å²) in [5, 5.41) is 0. The average Bonchev–Trinajstić information content (AvgIpc) is 2.50. The van der Waals surface area contributed by atoms with Crippen LogP contribution in [0, 0.1) is 11.8 Å². The van der Waals surface area contributed by atoms with Gasteiger partial charge in [-0.2, -0.15) is 0 Å². The maximum absolute atomic E-state index is 10.5. The third-order valence-electron chi connectivity index (χ3n) is 3.54. The van der Waals surface area contributed by atoms with Crippen molar-refractivity contribution in [1.29, 1.82) is 0 Å². The second-order valence-corrected chi connectivity index (χ2v) is 51.9. The van der Waals surface area contributed by atoms with Crippen molar-refractivity contribution in [2.45, 2.75) is 38.9 Å². The molecule has 0 amide bonds. The summed E-state index contributed by atoms with van der Waals surface area (Å²) in [7, 11) is 3.92. The van der Waals surface area contributed by atoms with Crippen molar-refractivity contribution in [3.63, 3.8) is 0 Å². The summed E-state index contributed by atoms with van der Waals surface area (Å²) in [5.74, 6) is 0.966. The first-order valence-corrected chi connectivity index (χ1v) is 29.0. The van der Waals surface area contributed by atoms with Crippen LogP contribution in [0.4, 0.5) is 0 Å². The number of hydrogen-bond donors (Lipinski definition) is 0.